The molecule has 1 N–H and O–H groups in total. The molecule has 1 rings (SSSR count). The van der Waals surface area contributed by atoms with Gasteiger partial charge in [0, 0.05) is 28.6 Å². The second-order valence-corrected chi connectivity index (χ2v) is 7.20. The second-order valence-electron chi connectivity index (χ2n) is 4.50. The van der Waals surface area contributed by atoms with Crippen LogP contribution in [-0.2, 0) is 9.84 Å². The summed E-state index contributed by atoms with van der Waals surface area (Å²) < 4.78 is 27.6. The molecular formula is C13H20ClNO3S. The van der Waals surface area contributed by atoms with Gasteiger partial charge in [-0.05, 0) is 38.1 Å². The maximum absolute atomic E-state index is 11.1. The molecule has 0 aliphatic heterocycles. The number of hydrogen-bond donors (Lipinski definition) is 1. The standard InChI is InChI=1S/C13H20ClNO3S/c1-15-12(5-4-8-19(3,16)17)11-9-10(14)6-7-13(11)18-2/h6-7,9,12,15H,4-5,8H2,1-3H3. The zero-order chi connectivity index (χ0) is 14.5. The first-order chi connectivity index (χ1) is 8.87. The van der Waals surface area contributed by atoms with Gasteiger partial charge in [-0.1, -0.05) is 11.6 Å². The van der Waals surface area contributed by atoms with Crippen LogP contribution < -0.4 is 10.1 Å². The molecule has 0 aliphatic rings. The summed E-state index contributed by atoms with van der Waals surface area (Å²) in [6.07, 6.45) is 2.56. The van der Waals surface area contributed by atoms with Crippen molar-refractivity contribution in [1.29, 1.82) is 0 Å². The summed E-state index contributed by atoms with van der Waals surface area (Å²) in [7, 11) is 0.527. The van der Waals surface area contributed by atoms with Gasteiger partial charge in [-0.25, -0.2) is 8.42 Å². The molecule has 0 saturated carbocycles. The van der Waals surface area contributed by atoms with Crippen molar-refractivity contribution in [3.8, 4) is 5.75 Å². The van der Waals surface area contributed by atoms with Gasteiger partial charge in [0.15, 0.2) is 0 Å². The Kier molecular flexibility index (Phi) is 6.10. The number of ether oxygens (including phenoxy) is 1. The molecule has 0 aliphatic carbocycles. The minimum atomic E-state index is -2.92. The average Bonchev–Trinajstić information content (AvgIpc) is 2.33. The number of methoxy groups -OCH3 is 1. The average molecular weight is 306 g/mol. The lowest BCUT2D eigenvalue weighted by atomic mass is 10.0. The monoisotopic (exact) mass is 305 g/mol. The number of benzene rings is 1. The fourth-order valence-corrected chi connectivity index (χ4v) is 2.85. The van der Waals surface area contributed by atoms with Gasteiger partial charge in [0.25, 0.3) is 0 Å². The smallest absolute Gasteiger partial charge is 0.147 e. The van der Waals surface area contributed by atoms with E-state index >= 15 is 0 Å². The molecular weight excluding hydrogens is 286 g/mol. The summed E-state index contributed by atoms with van der Waals surface area (Å²) >= 11 is 6.00. The van der Waals surface area contributed by atoms with E-state index in [1.165, 1.54) is 6.26 Å². The first-order valence-electron chi connectivity index (χ1n) is 6.06. The van der Waals surface area contributed by atoms with Crippen LogP contribution in [0.5, 0.6) is 5.75 Å². The van der Waals surface area contributed by atoms with Crippen molar-refractivity contribution in [1.82, 2.24) is 5.32 Å². The highest BCUT2D eigenvalue weighted by Crippen LogP contribution is 2.30. The molecule has 4 nitrogen and oxygen atoms in total. The highest BCUT2D eigenvalue weighted by molar-refractivity contribution is 7.90. The third kappa shape index (κ3) is 5.38. The first-order valence-corrected chi connectivity index (χ1v) is 8.49. The highest BCUT2D eigenvalue weighted by Gasteiger charge is 2.15. The molecule has 0 radical (unpaired) electrons. The normalized spacial score (nSPS) is 13.3. The van der Waals surface area contributed by atoms with Crippen LogP contribution in [0.3, 0.4) is 0 Å². The van der Waals surface area contributed by atoms with Crippen molar-refractivity contribution < 1.29 is 13.2 Å². The maximum atomic E-state index is 11.1. The molecule has 0 fully saturated rings. The molecule has 0 saturated heterocycles. The van der Waals surface area contributed by atoms with E-state index in [-0.39, 0.29) is 11.8 Å². The first kappa shape index (κ1) is 16.3. The topological polar surface area (TPSA) is 55.4 Å². The third-order valence-electron chi connectivity index (χ3n) is 2.92. The molecule has 1 aromatic rings. The van der Waals surface area contributed by atoms with E-state index in [1.807, 2.05) is 19.2 Å². The fraction of sp³-hybridized carbons (Fsp3) is 0.538. The molecule has 1 atom stereocenters. The molecule has 1 aromatic carbocycles. The molecule has 0 heterocycles. The number of halogens is 1. The molecule has 0 aromatic heterocycles. The van der Waals surface area contributed by atoms with E-state index in [0.29, 0.717) is 17.9 Å². The largest absolute Gasteiger partial charge is 0.496 e. The number of nitrogens with one attached hydrogen (secondary N) is 1. The van der Waals surface area contributed by atoms with E-state index in [2.05, 4.69) is 5.32 Å². The molecule has 0 bridgehead atoms. The van der Waals surface area contributed by atoms with Gasteiger partial charge < -0.3 is 10.1 Å². The number of rotatable bonds is 7. The number of sulfone groups is 1. The van der Waals surface area contributed by atoms with Gasteiger partial charge in [0.1, 0.15) is 15.6 Å². The molecule has 1 unspecified atom stereocenters. The lowest BCUT2D eigenvalue weighted by Gasteiger charge is -2.19. The fourth-order valence-electron chi connectivity index (χ4n) is 1.98. The van der Waals surface area contributed by atoms with E-state index in [0.717, 1.165) is 11.3 Å². The number of hydrogen-bond acceptors (Lipinski definition) is 4. The Morgan fingerprint density at radius 1 is 1.42 bits per heavy atom. The van der Waals surface area contributed by atoms with Crippen LogP contribution in [0.1, 0.15) is 24.4 Å². The minimum absolute atomic E-state index is 0.0235. The Labute approximate surface area is 120 Å². The van der Waals surface area contributed by atoms with Gasteiger partial charge in [0.05, 0.1) is 7.11 Å². The predicted molar refractivity (Wildman–Crippen MR) is 78.7 cm³/mol. The van der Waals surface area contributed by atoms with Crippen LogP contribution in [0.15, 0.2) is 18.2 Å². The maximum Gasteiger partial charge on any atom is 0.147 e. The Balaban J connectivity index is 2.82. The quantitative estimate of drug-likeness (QED) is 0.840. The Bertz CT molecular complexity index is 517. The van der Waals surface area contributed by atoms with Crippen LogP contribution >= 0.6 is 11.6 Å². The summed E-state index contributed by atoms with van der Waals surface area (Å²) in [4.78, 5) is 0. The van der Waals surface area contributed by atoms with Crippen molar-refractivity contribution in [3.63, 3.8) is 0 Å². The van der Waals surface area contributed by atoms with Crippen LogP contribution in [-0.4, -0.2) is 34.6 Å². The van der Waals surface area contributed by atoms with Crippen LogP contribution in [0.25, 0.3) is 0 Å². The van der Waals surface area contributed by atoms with Crippen molar-refractivity contribution in [3.05, 3.63) is 28.8 Å². The van der Waals surface area contributed by atoms with Crippen molar-refractivity contribution >= 4 is 21.4 Å². The summed E-state index contributed by atoms with van der Waals surface area (Å²) in [5.41, 5.74) is 0.950. The van der Waals surface area contributed by atoms with E-state index in [9.17, 15) is 8.42 Å². The lowest BCUT2D eigenvalue weighted by molar-refractivity contribution is 0.398. The molecule has 0 amide bonds. The lowest BCUT2D eigenvalue weighted by Crippen LogP contribution is -2.18. The Morgan fingerprint density at radius 2 is 2.11 bits per heavy atom. The van der Waals surface area contributed by atoms with Crippen molar-refractivity contribution in [2.24, 2.45) is 0 Å². The van der Waals surface area contributed by atoms with E-state index in [4.69, 9.17) is 16.3 Å². The van der Waals surface area contributed by atoms with Gasteiger partial charge in [-0.15, -0.1) is 0 Å². The van der Waals surface area contributed by atoms with Gasteiger partial charge >= 0.3 is 0 Å². The summed E-state index contributed by atoms with van der Waals surface area (Å²) in [6, 6.07) is 5.46. The molecule has 108 valence electrons. The zero-order valence-corrected chi connectivity index (χ0v) is 13.0. The predicted octanol–water partition coefficient (Wildman–Crippen LogP) is 2.43. The van der Waals surface area contributed by atoms with Gasteiger partial charge in [-0.3, -0.25) is 0 Å². The molecule has 6 heteroatoms. The highest BCUT2D eigenvalue weighted by atomic mass is 35.5. The van der Waals surface area contributed by atoms with Gasteiger partial charge in [0.2, 0.25) is 0 Å². The Hall–Kier alpha value is -0.780. The summed E-state index contributed by atoms with van der Waals surface area (Å²) in [5, 5.41) is 3.81. The summed E-state index contributed by atoms with van der Waals surface area (Å²) in [6.45, 7) is 0. The zero-order valence-electron chi connectivity index (χ0n) is 11.4. The van der Waals surface area contributed by atoms with Crippen LogP contribution in [0.2, 0.25) is 5.02 Å². The van der Waals surface area contributed by atoms with Gasteiger partial charge in [-0.2, -0.15) is 0 Å². The Morgan fingerprint density at radius 3 is 2.63 bits per heavy atom. The summed E-state index contributed by atoms with van der Waals surface area (Å²) in [5.74, 6) is 0.941. The van der Waals surface area contributed by atoms with E-state index in [1.54, 1.807) is 13.2 Å². The molecule has 19 heavy (non-hydrogen) atoms. The van der Waals surface area contributed by atoms with Crippen molar-refractivity contribution in [2.75, 3.05) is 26.2 Å². The second kappa shape index (κ2) is 7.12. The van der Waals surface area contributed by atoms with E-state index < -0.39 is 9.84 Å². The van der Waals surface area contributed by atoms with Crippen molar-refractivity contribution in [2.45, 2.75) is 18.9 Å². The minimum Gasteiger partial charge on any atom is -0.496 e. The SMILES string of the molecule is CNC(CCCS(C)(=O)=O)c1cc(Cl)ccc1OC. The third-order valence-corrected chi connectivity index (χ3v) is 4.19. The van der Waals surface area contributed by atoms with Crippen LogP contribution in [0, 0.1) is 0 Å². The molecule has 0 spiro atoms. The van der Waals surface area contributed by atoms with Crippen LogP contribution in [0.4, 0.5) is 0 Å².